The van der Waals surface area contributed by atoms with E-state index in [2.05, 4.69) is 5.32 Å². The molecule has 0 saturated heterocycles. The number of anilines is 3. The highest BCUT2D eigenvalue weighted by Gasteiger charge is 2.12. The summed E-state index contributed by atoms with van der Waals surface area (Å²) in [5.74, 6) is 0. The predicted molar refractivity (Wildman–Crippen MR) is 85.0 cm³/mol. The molecule has 0 fully saturated rings. The number of benzene rings is 2. The summed E-state index contributed by atoms with van der Waals surface area (Å²) in [6, 6.07) is 9.85. The van der Waals surface area contributed by atoms with Crippen LogP contribution in [0.3, 0.4) is 0 Å². The van der Waals surface area contributed by atoms with Gasteiger partial charge in [-0.3, -0.25) is 10.1 Å². The molecule has 98 valence electrons. The molecule has 5 nitrogen and oxygen atoms in total. The summed E-state index contributed by atoms with van der Waals surface area (Å²) in [6.45, 7) is 0. The Morgan fingerprint density at radius 3 is 2.63 bits per heavy atom. The zero-order valence-electron chi connectivity index (χ0n) is 9.56. The van der Waals surface area contributed by atoms with Crippen LogP contribution >= 0.6 is 34.2 Å². The highest BCUT2D eigenvalue weighted by Crippen LogP contribution is 2.30. The number of rotatable bonds is 3. The minimum absolute atomic E-state index is 0.0739. The van der Waals surface area contributed by atoms with E-state index in [1.807, 2.05) is 22.6 Å². The van der Waals surface area contributed by atoms with Gasteiger partial charge in [0, 0.05) is 17.4 Å². The van der Waals surface area contributed by atoms with E-state index in [4.69, 9.17) is 17.3 Å². The van der Waals surface area contributed by atoms with Gasteiger partial charge in [0.1, 0.15) is 0 Å². The van der Waals surface area contributed by atoms with E-state index in [9.17, 15) is 10.1 Å². The molecule has 0 saturated carbocycles. The average molecular weight is 390 g/mol. The molecule has 0 radical (unpaired) electrons. The fourth-order valence-electron chi connectivity index (χ4n) is 1.53. The van der Waals surface area contributed by atoms with E-state index < -0.39 is 4.92 Å². The smallest absolute Gasteiger partial charge is 0.282 e. The van der Waals surface area contributed by atoms with Crippen LogP contribution in [0.25, 0.3) is 0 Å². The SMILES string of the molecule is Nc1ccc(Cl)c(Nc2ccc([N+](=O)[O-])c(I)c2)c1. The molecule has 0 aliphatic rings. The molecular formula is C12H9ClIN3O2. The number of nitrogens with two attached hydrogens (primary N) is 1. The maximum atomic E-state index is 10.7. The molecule has 0 heterocycles. The second kappa shape index (κ2) is 5.62. The van der Waals surface area contributed by atoms with E-state index in [0.717, 1.165) is 0 Å². The van der Waals surface area contributed by atoms with Crippen molar-refractivity contribution >= 4 is 56.9 Å². The molecule has 0 aromatic heterocycles. The third-order valence-electron chi connectivity index (χ3n) is 2.41. The molecule has 3 N–H and O–H groups in total. The van der Waals surface area contributed by atoms with Gasteiger partial charge in [0.25, 0.3) is 5.69 Å². The van der Waals surface area contributed by atoms with Crippen molar-refractivity contribution in [1.82, 2.24) is 0 Å². The minimum atomic E-state index is -0.418. The van der Waals surface area contributed by atoms with Gasteiger partial charge in [0.2, 0.25) is 0 Å². The number of nitrogens with one attached hydrogen (secondary N) is 1. The van der Waals surface area contributed by atoms with Gasteiger partial charge < -0.3 is 11.1 Å². The molecule has 2 aromatic carbocycles. The van der Waals surface area contributed by atoms with Gasteiger partial charge in [-0.25, -0.2) is 0 Å². The van der Waals surface area contributed by atoms with Crippen LogP contribution in [-0.4, -0.2) is 4.92 Å². The van der Waals surface area contributed by atoms with Crippen LogP contribution in [-0.2, 0) is 0 Å². The van der Waals surface area contributed by atoms with Crippen LogP contribution in [0.5, 0.6) is 0 Å². The third-order valence-corrected chi connectivity index (χ3v) is 3.61. The lowest BCUT2D eigenvalue weighted by Crippen LogP contribution is -1.96. The maximum absolute atomic E-state index is 10.7. The Morgan fingerprint density at radius 2 is 2.00 bits per heavy atom. The monoisotopic (exact) mass is 389 g/mol. The fourth-order valence-corrected chi connectivity index (χ4v) is 2.40. The summed E-state index contributed by atoms with van der Waals surface area (Å²) in [6.07, 6.45) is 0. The first-order chi connectivity index (χ1) is 8.97. The van der Waals surface area contributed by atoms with Crippen LogP contribution in [0.15, 0.2) is 36.4 Å². The molecule has 0 aliphatic heterocycles. The lowest BCUT2D eigenvalue weighted by Gasteiger charge is -2.09. The molecule has 2 rings (SSSR count). The number of hydrogen-bond acceptors (Lipinski definition) is 4. The Hall–Kier alpha value is -1.54. The highest BCUT2D eigenvalue weighted by molar-refractivity contribution is 14.1. The van der Waals surface area contributed by atoms with Crippen LogP contribution in [0, 0.1) is 13.7 Å². The van der Waals surface area contributed by atoms with E-state index in [0.29, 0.717) is 25.7 Å². The number of nitrogens with zero attached hydrogens (tertiary/aromatic N) is 1. The van der Waals surface area contributed by atoms with Gasteiger partial charge in [-0.15, -0.1) is 0 Å². The number of nitro benzene ring substituents is 1. The Balaban J connectivity index is 2.31. The van der Waals surface area contributed by atoms with Crippen molar-refractivity contribution < 1.29 is 4.92 Å². The van der Waals surface area contributed by atoms with Gasteiger partial charge in [-0.1, -0.05) is 11.6 Å². The van der Waals surface area contributed by atoms with Crippen molar-refractivity contribution in [3.05, 3.63) is 55.1 Å². The summed E-state index contributed by atoms with van der Waals surface area (Å²) in [5, 5.41) is 14.3. The van der Waals surface area contributed by atoms with Gasteiger partial charge >= 0.3 is 0 Å². The Labute approximate surface area is 128 Å². The summed E-state index contributed by atoms with van der Waals surface area (Å²) in [4.78, 5) is 10.3. The molecule has 0 aliphatic carbocycles. The standard InChI is InChI=1S/C12H9ClIN3O2/c13-9-3-1-7(15)5-11(9)16-8-2-4-12(17(18)19)10(14)6-8/h1-6,16H,15H2. The Kier molecular flexibility index (Phi) is 4.11. The Morgan fingerprint density at radius 1 is 1.26 bits per heavy atom. The molecule has 19 heavy (non-hydrogen) atoms. The van der Waals surface area contributed by atoms with Crippen molar-refractivity contribution in [3.63, 3.8) is 0 Å². The molecule has 0 amide bonds. The van der Waals surface area contributed by atoms with Crippen molar-refractivity contribution in [1.29, 1.82) is 0 Å². The lowest BCUT2D eigenvalue weighted by atomic mass is 10.2. The average Bonchev–Trinajstić information content (AvgIpc) is 2.33. The van der Waals surface area contributed by atoms with E-state index in [1.165, 1.54) is 6.07 Å². The Bertz CT molecular complexity index is 649. The van der Waals surface area contributed by atoms with Crippen LogP contribution in [0.2, 0.25) is 5.02 Å². The van der Waals surface area contributed by atoms with Gasteiger partial charge in [0.05, 0.1) is 19.2 Å². The fraction of sp³-hybridized carbons (Fsp3) is 0. The first-order valence-corrected chi connectivity index (χ1v) is 6.69. The zero-order chi connectivity index (χ0) is 14.0. The van der Waals surface area contributed by atoms with Crippen LogP contribution in [0.1, 0.15) is 0 Å². The van der Waals surface area contributed by atoms with Crippen molar-refractivity contribution in [3.8, 4) is 0 Å². The normalized spacial score (nSPS) is 10.2. The highest BCUT2D eigenvalue weighted by atomic mass is 127. The third kappa shape index (κ3) is 3.27. The number of nitrogen functional groups attached to an aromatic ring is 1. The predicted octanol–water partition coefficient (Wildman–Crippen LogP) is 4.18. The molecule has 0 bridgehead atoms. The second-order valence-corrected chi connectivity index (χ2v) is 5.36. The molecule has 2 aromatic rings. The van der Waals surface area contributed by atoms with E-state index >= 15 is 0 Å². The molecule has 0 spiro atoms. The topological polar surface area (TPSA) is 81.2 Å². The molecule has 7 heteroatoms. The van der Waals surface area contributed by atoms with E-state index in [1.54, 1.807) is 30.3 Å². The number of hydrogen-bond donors (Lipinski definition) is 2. The second-order valence-electron chi connectivity index (χ2n) is 3.79. The largest absolute Gasteiger partial charge is 0.399 e. The summed E-state index contributed by atoms with van der Waals surface area (Å²) >= 11 is 7.96. The van der Waals surface area contributed by atoms with Crippen molar-refractivity contribution in [2.75, 3.05) is 11.1 Å². The quantitative estimate of drug-likeness (QED) is 0.357. The van der Waals surface area contributed by atoms with Crippen molar-refractivity contribution in [2.45, 2.75) is 0 Å². The zero-order valence-corrected chi connectivity index (χ0v) is 12.5. The summed E-state index contributed by atoms with van der Waals surface area (Å²) in [7, 11) is 0. The minimum Gasteiger partial charge on any atom is -0.399 e. The van der Waals surface area contributed by atoms with Gasteiger partial charge in [-0.2, -0.15) is 0 Å². The number of halogens is 2. The first kappa shape index (κ1) is 13.9. The maximum Gasteiger partial charge on any atom is 0.282 e. The van der Waals surface area contributed by atoms with Gasteiger partial charge in [0.15, 0.2) is 0 Å². The summed E-state index contributed by atoms with van der Waals surface area (Å²) < 4.78 is 0.549. The van der Waals surface area contributed by atoms with Crippen LogP contribution in [0.4, 0.5) is 22.7 Å². The van der Waals surface area contributed by atoms with Gasteiger partial charge in [-0.05, 0) is 52.9 Å². The number of nitro groups is 1. The van der Waals surface area contributed by atoms with Crippen molar-refractivity contribution in [2.24, 2.45) is 0 Å². The summed E-state index contributed by atoms with van der Waals surface area (Å²) in [5.41, 5.74) is 7.72. The molecular weight excluding hydrogens is 381 g/mol. The van der Waals surface area contributed by atoms with Crippen LogP contribution < -0.4 is 11.1 Å². The molecule has 0 atom stereocenters. The molecule has 0 unspecified atom stereocenters. The first-order valence-electron chi connectivity index (χ1n) is 5.23. The lowest BCUT2D eigenvalue weighted by molar-refractivity contribution is -0.385. The van der Waals surface area contributed by atoms with E-state index in [-0.39, 0.29) is 5.69 Å².